The number of anilines is 1. The molecule has 0 fully saturated rings. The zero-order valence-corrected chi connectivity index (χ0v) is 18.3. The van der Waals surface area contributed by atoms with Crippen molar-refractivity contribution in [2.45, 2.75) is 32.7 Å². The standard InChI is InChI=1S/C24H23FN6O2/c1-15-13-30(14-27-15)20-11-17-21(12-18(20)25)33-10-4-5-16(2)31-9-8-26-23(31)19-6-3-7-22(28-19)29-24(17)32/h3,6-9,11-14,16H,4-5,10H2,1-2H3,(H,28,29,32)/t16-/m0/s1. The number of carbonyl (C=O) groups is 1. The minimum absolute atomic E-state index is 0.164. The van der Waals surface area contributed by atoms with Crippen molar-refractivity contribution in [1.29, 1.82) is 0 Å². The Hall–Kier alpha value is -4.01. The first-order valence-electron chi connectivity index (χ1n) is 10.8. The molecule has 8 nitrogen and oxygen atoms in total. The first-order valence-corrected chi connectivity index (χ1v) is 10.8. The molecule has 1 aliphatic rings. The van der Waals surface area contributed by atoms with Crippen LogP contribution in [0.2, 0.25) is 0 Å². The molecule has 5 rings (SSSR count). The summed E-state index contributed by atoms with van der Waals surface area (Å²) in [5, 5.41) is 2.82. The molecule has 4 heterocycles. The third-order valence-corrected chi connectivity index (χ3v) is 5.67. The van der Waals surface area contributed by atoms with Crippen LogP contribution < -0.4 is 10.1 Å². The molecule has 0 saturated carbocycles. The number of fused-ring (bicyclic) bond motifs is 5. The number of aryl methyl sites for hydroxylation is 1. The third-order valence-electron chi connectivity index (χ3n) is 5.67. The molecule has 0 spiro atoms. The summed E-state index contributed by atoms with van der Waals surface area (Å²) in [6, 6.07) is 8.28. The fourth-order valence-corrected chi connectivity index (χ4v) is 3.97. The fourth-order valence-electron chi connectivity index (χ4n) is 3.97. The lowest BCUT2D eigenvalue weighted by molar-refractivity contribution is 0.102. The quantitative estimate of drug-likeness (QED) is 0.463. The van der Waals surface area contributed by atoms with E-state index >= 15 is 0 Å². The van der Waals surface area contributed by atoms with E-state index < -0.39 is 11.7 Å². The van der Waals surface area contributed by atoms with E-state index in [0.29, 0.717) is 18.1 Å². The Morgan fingerprint density at radius 3 is 2.94 bits per heavy atom. The predicted octanol–water partition coefficient (Wildman–Crippen LogP) is 4.56. The van der Waals surface area contributed by atoms with E-state index in [0.717, 1.165) is 24.4 Å². The summed E-state index contributed by atoms with van der Waals surface area (Å²) in [4.78, 5) is 26.4. The number of carbonyl (C=O) groups excluding carboxylic acids is 1. The van der Waals surface area contributed by atoms with Crippen molar-refractivity contribution in [1.82, 2.24) is 24.1 Å². The first kappa shape index (κ1) is 20.9. The van der Waals surface area contributed by atoms with Crippen LogP contribution in [0.25, 0.3) is 17.2 Å². The number of hydrogen-bond donors (Lipinski definition) is 1. The molecule has 1 N–H and O–H groups in total. The van der Waals surface area contributed by atoms with E-state index in [1.54, 1.807) is 23.0 Å². The molecule has 0 unspecified atom stereocenters. The van der Waals surface area contributed by atoms with E-state index in [-0.39, 0.29) is 23.0 Å². The van der Waals surface area contributed by atoms with Gasteiger partial charge in [0.1, 0.15) is 17.3 Å². The number of pyridine rings is 1. The second-order valence-electron chi connectivity index (χ2n) is 8.08. The monoisotopic (exact) mass is 446 g/mol. The maximum atomic E-state index is 15.0. The van der Waals surface area contributed by atoms with Gasteiger partial charge < -0.3 is 19.2 Å². The number of imidazole rings is 2. The Balaban J connectivity index is 1.58. The van der Waals surface area contributed by atoms with Crippen molar-refractivity contribution in [3.05, 3.63) is 72.3 Å². The molecule has 0 saturated heterocycles. The van der Waals surface area contributed by atoms with Gasteiger partial charge in [-0.2, -0.15) is 0 Å². The highest BCUT2D eigenvalue weighted by atomic mass is 19.1. The molecule has 1 atom stereocenters. The van der Waals surface area contributed by atoms with Crippen molar-refractivity contribution in [3.8, 4) is 23.0 Å². The highest BCUT2D eigenvalue weighted by Gasteiger charge is 2.21. The second-order valence-corrected chi connectivity index (χ2v) is 8.08. The third kappa shape index (κ3) is 4.09. The molecule has 4 aromatic rings. The summed E-state index contributed by atoms with van der Waals surface area (Å²) >= 11 is 0. The Morgan fingerprint density at radius 1 is 1.24 bits per heavy atom. The Kier molecular flexibility index (Phi) is 5.37. The summed E-state index contributed by atoms with van der Waals surface area (Å²) < 4.78 is 24.5. The summed E-state index contributed by atoms with van der Waals surface area (Å²) in [6.45, 7) is 4.27. The van der Waals surface area contributed by atoms with Crippen molar-refractivity contribution >= 4 is 11.7 Å². The Morgan fingerprint density at radius 2 is 2.12 bits per heavy atom. The zero-order valence-electron chi connectivity index (χ0n) is 18.3. The molecule has 1 aliphatic heterocycles. The van der Waals surface area contributed by atoms with E-state index in [4.69, 9.17) is 4.74 Å². The molecule has 3 aromatic heterocycles. The molecule has 0 radical (unpaired) electrons. The topological polar surface area (TPSA) is 86.9 Å². The van der Waals surface area contributed by atoms with Crippen molar-refractivity contribution < 1.29 is 13.9 Å². The molecule has 1 aromatic carbocycles. The largest absolute Gasteiger partial charge is 0.493 e. The summed E-state index contributed by atoms with van der Waals surface area (Å²) in [5.41, 5.74) is 1.83. The lowest BCUT2D eigenvalue weighted by atomic mass is 10.1. The van der Waals surface area contributed by atoms with Gasteiger partial charge >= 0.3 is 0 Å². The highest BCUT2D eigenvalue weighted by Crippen LogP contribution is 2.29. The number of ether oxygens (including phenoxy) is 1. The smallest absolute Gasteiger partial charge is 0.260 e. The molecule has 0 aliphatic carbocycles. The summed E-state index contributed by atoms with van der Waals surface area (Å²) in [5.74, 6) is 0.344. The average molecular weight is 446 g/mol. The van der Waals surface area contributed by atoms with Crippen LogP contribution in [0, 0.1) is 12.7 Å². The number of nitrogens with zero attached hydrogens (tertiary/aromatic N) is 5. The molecule has 168 valence electrons. The molecule has 2 bridgehead atoms. The Labute approximate surface area is 190 Å². The van der Waals surface area contributed by atoms with Gasteiger partial charge in [-0.3, -0.25) is 4.79 Å². The predicted molar refractivity (Wildman–Crippen MR) is 121 cm³/mol. The van der Waals surface area contributed by atoms with Gasteiger partial charge in [0.05, 0.1) is 29.9 Å². The SMILES string of the molecule is Cc1cn(-c2cc3c(cc2F)OCCC[C@H](C)n2ccnc2-c2cccc(n2)NC3=O)cn1. The number of aromatic nitrogens is 5. The molecule has 9 heteroatoms. The Bertz CT molecular complexity index is 1330. The van der Waals surface area contributed by atoms with Crippen molar-refractivity contribution in [2.75, 3.05) is 11.9 Å². The van der Waals surface area contributed by atoms with Crippen LogP contribution in [-0.2, 0) is 0 Å². The van der Waals surface area contributed by atoms with Crippen LogP contribution in [-0.4, -0.2) is 36.6 Å². The highest BCUT2D eigenvalue weighted by molar-refractivity contribution is 6.06. The van der Waals surface area contributed by atoms with E-state index in [1.165, 1.54) is 18.5 Å². The number of rotatable bonds is 1. The van der Waals surface area contributed by atoms with Gasteiger partial charge in [0.15, 0.2) is 11.6 Å². The number of amides is 1. The number of benzene rings is 1. The van der Waals surface area contributed by atoms with Crippen LogP contribution in [0.5, 0.6) is 5.75 Å². The van der Waals surface area contributed by atoms with Gasteiger partial charge in [-0.05, 0) is 44.9 Å². The van der Waals surface area contributed by atoms with Crippen LogP contribution >= 0.6 is 0 Å². The summed E-state index contributed by atoms with van der Waals surface area (Å²) in [7, 11) is 0. The normalized spacial score (nSPS) is 16.2. The lowest BCUT2D eigenvalue weighted by Crippen LogP contribution is -2.17. The average Bonchev–Trinajstić information content (AvgIpc) is 3.45. The minimum atomic E-state index is -0.503. The maximum absolute atomic E-state index is 15.0. The minimum Gasteiger partial charge on any atom is -0.493 e. The van der Waals surface area contributed by atoms with Gasteiger partial charge in [0.2, 0.25) is 0 Å². The number of nitrogens with one attached hydrogen (secondary N) is 1. The molecule has 33 heavy (non-hydrogen) atoms. The fraction of sp³-hybridized carbons (Fsp3) is 0.250. The number of hydrogen-bond acceptors (Lipinski definition) is 5. The van der Waals surface area contributed by atoms with Crippen molar-refractivity contribution in [3.63, 3.8) is 0 Å². The van der Waals surface area contributed by atoms with Gasteiger partial charge in [0.25, 0.3) is 5.91 Å². The van der Waals surface area contributed by atoms with Crippen molar-refractivity contribution in [2.24, 2.45) is 0 Å². The molecular weight excluding hydrogens is 423 g/mol. The van der Waals surface area contributed by atoms with Crippen LogP contribution in [0.3, 0.4) is 0 Å². The molecular formula is C24H23FN6O2. The zero-order chi connectivity index (χ0) is 22.9. The first-order chi connectivity index (χ1) is 16.0. The summed E-state index contributed by atoms with van der Waals surface area (Å²) in [6.07, 6.45) is 8.41. The van der Waals surface area contributed by atoms with Gasteiger partial charge in [-0.25, -0.2) is 19.3 Å². The number of halogens is 1. The van der Waals surface area contributed by atoms with E-state index in [2.05, 4.69) is 31.8 Å². The van der Waals surface area contributed by atoms with Crippen LogP contribution in [0.15, 0.2) is 55.2 Å². The van der Waals surface area contributed by atoms with Gasteiger partial charge in [-0.15, -0.1) is 0 Å². The van der Waals surface area contributed by atoms with E-state index in [9.17, 15) is 9.18 Å². The second kappa shape index (κ2) is 8.50. The molecule has 1 amide bonds. The van der Waals surface area contributed by atoms with Gasteiger partial charge in [-0.1, -0.05) is 6.07 Å². The lowest BCUT2D eigenvalue weighted by Gasteiger charge is -2.19. The van der Waals surface area contributed by atoms with Crippen LogP contribution in [0.1, 0.15) is 41.9 Å². The van der Waals surface area contributed by atoms with Crippen LogP contribution in [0.4, 0.5) is 10.2 Å². The van der Waals surface area contributed by atoms with E-state index in [1.807, 2.05) is 25.3 Å². The van der Waals surface area contributed by atoms with Gasteiger partial charge in [0, 0.05) is 30.7 Å². The maximum Gasteiger partial charge on any atom is 0.260 e.